The molecule has 1 aliphatic heterocycles. The van der Waals surface area contributed by atoms with Crippen molar-refractivity contribution in [3.8, 4) is 0 Å². The van der Waals surface area contributed by atoms with Gasteiger partial charge >= 0.3 is 0 Å². The summed E-state index contributed by atoms with van der Waals surface area (Å²) in [5.41, 5.74) is 5.27. The highest BCUT2D eigenvalue weighted by Gasteiger charge is 2.47. The number of rotatable bonds is 3. The van der Waals surface area contributed by atoms with Gasteiger partial charge in [-0.3, -0.25) is 14.5 Å². The average Bonchev–Trinajstić information content (AvgIpc) is 3.10. The van der Waals surface area contributed by atoms with Crippen LogP contribution in [-0.2, 0) is 22.4 Å². The van der Waals surface area contributed by atoms with Crippen LogP contribution in [0.1, 0.15) is 46.7 Å². The van der Waals surface area contributed by atoms with E-state index < -0.39 is 17.7 Å². The SMILES string of the molecule is Cc1ccc(Cl)cc1N1C(=O)C(=O)/C(=C(\O)c2ccc3c(c2)CCCC3)C1c1ccccc1. The Labute approximate surface area is 198 Å². The van der Waals surface area contributed by atoms with Crippen LogP contribution in [0.3, 0.4) is 0 Å². The van der Waals surface area contributed by atoms with Gasteiger partial charge in [-0.1, -0.05) is 60.1 Å². The highest BCUT2D eigenvalue weighted by Crippen LogP contribution is 2.43. The molecule has 1 N–H and O–H groups in total. The van der Waals surface area contributed by atoms with Crippen LogP contribution in [0.2, 0.25) is 5.02 Å². The van der Waals surface area contributed by atoms with Gasteiger partial charge in [0.05, 0.1) is 11.6 Å². The van der Waals surface area contributed by atoms with E-state index in [-0.39, 0.29) is 11.3 Å². The first-order valence-corrected chi connectivity index (χ1v) is 11.6. The third kappa shape index (κ3) is 3.75. The van der Waals surface area contributed by atoms with Crippen LogP contribution in [0.4, 0.5) is 5.69 Å². The molecule has 5 heteroatoms. The number of aliphatic hydroxyl groups is 1. The van der Waals surface area contributed by atoms with Crippen molar-refractivity contribution >= 4 is 34.7 Å². The van der Waals surface area contributed by atoms with Crippen LogP contribution in [0.5, 0.6) is 0 Å². The van der Waals surface area contributed by atoms with E-state index in [2.05, 4.69) is 0 Å². The molecule has 1 aliphatic carbocycles. The summed E-state index contributed by atoms with van der Waals surface area (Å²) in [6, 6.07) is 19.7. The van der Waals surface area contributed by atoms with E-state index in [0.717, 1.165) is 36.8 Å². The van der Waals surface area contributed by atoms with Crippen molar-refractivity contribution in [1.29, 1.82) is 0 Å². The predicted molar refractivity (Wildman–Crippen MR) is 130 cm³/mol. The van der Waals surface area contributed by atoms with Crippen molar-refractivity contribution in [2.24, 2.45) is 0 Å². The number of ketones is 1. The second-order valence-corrected chi connectivity index (χ2v) is 9.14. The van der Waals surface area contributed by atoms with Crippen molar-refractivity contribution in [2.45, 2.75) is 38.6 Å². The number of anilines is 1. The van der Waals surface area contributed by atoms with Crippen LogP contribution in [0.25, 0.3) is 5.76 Å². The van der Waals surface area contributed by atoms with E-state index in [4.69, 9.17) is 11.6 Å². The second-order valence-electron chi connectivity index (χ2n) is 8.70. The summed E-state index contributed by atoms with van der Waals surface area (Å²) in [7, 11) is 0. The number of carbonyl (C=O) groups is 2. The molecule has 0 saturated carbocycles. The van der Waals surface area contributed by atoms with E-state index in [1.165, 1.54) is 16.0 Å². The molecule has 0 aromatic heterocycles. The number of amides is 1. The molecule has 5 rings (SSSR count). The zero-order valence-electron chi connectivity index (χ0n) is 18.3. The molecule has 0 radical (unpaired) electrons. The minimum absolute atomic E-state index is 0.0985. The first-order valence-electron chi connectivity index (χ1n) is 11.2. The molecular weight excluding hydrogens is 434 g/mol. The molecule has 0 bridgehead atoms. The number of benzene rings is 3. The monoisotopic (exact) mass is 457 g/mol. The minimum Gasteiger partial charge on any atom is -0.507 e. The van der Waals surface area contributed by atoms with Crippen LogP contribution in [0.15, 0.2) is 72.3 Å². The van der Waals surface area contributed by atoms with Crippen LogP contribution in [-0.4, -0.2) is 16.8 Å². The van der Waals surface area contributed by atoms with E-state index in [9.17, 15) is 14.7 Å². The maximum atomic E-state index is 13.3. The Hall–Kier alpha value is -3.37. The molecule has 1 saturated heterocycles. The number of nitrogens with zero attached hydrogens (tertiary/aromatic N) is 1. The standard InChI is InChI=1S/C28H24ClNO3/c1-17-11-14-22(29)16-23(17)30-25(19-8-3-2-4-9-19)24(27(32)28(30)33)26(31)21-13-12-18-7-5-6-10-20(18)15-21/h2-4,8-9,11-16,25,31H,5-7,10H2,1H3/b26-24-. The number of Topliss-reactive ketones (excluding diaryl/α,β-unsaturated/α-hetero) is 1. The first kappa shape index (κ1) is 21.5. The van der Waals surface area contributed by atoms with Gasteiger partial charge in [-0.25, -0.2) is 0 Å². The average molecular weight is 458 g/mol. The lowest BCUT2D eigenvalue weighted by molar-refractivity contribution is -0.132. The molecule has 1 heterocycles. The largest absolute Gasteiger partial charge is 0.507 e. The summed E-state index contributed by atoms with van der Waals surface area (Å²) in [5, 5.41) is 11.9. The van der Waals surface area contributed by atoms with Gasteiger partial charge in [0.2, 0.25) is 0 Å². The van der Waals surface area contributed by atoms with Crippen LogP contribution in [0, 0.1) is 6.92 Å². The van der Waals surface area contributed by atoms with Crippen molar-refractivity contribution in [1.82, 2.24) is 0 Å². The summed E-state index contributed by atoms with van der Waals surface area (Å²) < 4.78 is 0. The van der Waals surface area contributed by atoms with Crippen molar-refractivity contribution < 1.29 is 14.7 Å². The minimum atomic E-state index is -0.751. The molecule has 1 unspecified atom stereocenters. The molecule has 166 valence electrons. The molecule has 33 heavy (non-hydrogen) atoms. The number of hydrogen-bond acceptors (Lipinski definition) is 3. The lowest BCUT2D eigenvalue weighted by atomic mass is 9.88. The molecule has 2 aliphatic rings. The molecular formula is C28H24ClNO3. The highest BCUT2D eigenvalue weighted by molar-refractivity contribution is 6.52. The fourth-order valence-corrected chi connectivity index (χ4v) is 5.08. The Morgan fingerprint density at radius 3 is 2.42 bits per heavy atom. The van der Waals surface area contributed by atoms with Crippen molar-refractivity contribution in [2.75, 3.05) is 4.90 Å². The van der Waals surface area contributed by atoms with Crippen LogP contribution < -0.4 is 4.90 Å². The van der Waals surface area contributed by atoms with Gasteiger partial charge in [0.1, 0.15) is 5.76 Å². The van der Waals surface area contributed by atoms with E-state index in [1.54, 1.807) is 12.1 Å². The Morgan fingerprint density at radius 2 is 1.67 bits per heavy atom. The number of aryl methyl sites for hydroxylation is 3. The van der Waals surface area contributed by atoms with Gasteiger partial charge in [0.15, 0.2) is 0 Å². The smallest absolute Gasteiger partial charge is 0.300 e. The predicted octanol–water partition coefficient (Wildman–Crippen LogP) is 6.15. The molecule has 3 aromatic carbocycles. The zero-order valence-corrected chi connectivity index (χ0v) is 19.1. The van der Waals surface area contributed by atoms with E-state index in [1.807, 2.05) is 61.5 Å². The molecule has 0 spiro atoms. The van der Waals surface area contributed by atoms with Crippen LogP contribution >= 0.6 is 11.6 Å². The fourth-order valence-electron chi connectivity index (χ4n) is 4.91. The Kier molecular flexibility index (Phi) is 5.55. The van der Waals surface area contributed by atoms with Gasteiger partial charge < -0.3 is 5.11 Å². The lowest BCUT2D eigenvalue weighted by Gasteiger charge is -2.27. The molecule has 1 fully saturated rings. The quantitative estimate of drug-likeness (QED) is 0.291. The molecule has 1 atom stereocenters. The lowest BCUT2D eigenvalue weighted by Crippen LogP contribution is -2.30. The van der Waals surface area contributed by atoms with Crippen molar-refractivity contribution in [3.05, 3.63) is 105 Å². The number of halogens is 1. The van der Waals surface area contributed by atoms with E-state index >= 15 is 0 Å². The topological polar surface area (TPSA) is 57.6 Å². The number of hydrogen-bond donors (Lipinski definition) is 1. The third-order valence-corrected chi connectivity index (χ3v) is 6.85. The highest BCUT2D eigenvalue weighted by atomic mass is 35.5. The third-order valence-electron chi connectivity index (χ3n) is 6.61. The second kappa shape index (κ2) is 8.53. The van der Waals surface area contributed by atoms with Gasteiger partial charge in [0, 0.05) is 16.3 Å². The number of carbonyl (C=O) groups excluding carboxylic acids is 2. The van der Waals surface area contributed by atoms with Gasteiger partial charge in [0.25, 0.3) is 11.7 Å². The normalized spacial score (nSPS) is 19.6. The number of aliphatic hydroxyl groups excluding tert-OH is 1. The summed E-state index contributed by atoms with van der Waals surface area (Å²) in [6.07, 6.45) is 4.25. The van der Waals surface area contributed by atoms with Gasteiger partial charge in [-0.15, -0.1) is 0 Å². The molecule has 3 aromatic rings. The Morgan fingerprint density at radius 1 is 0.939 bits per heavy atom. The maximum Gasteiger partial charge on any atom is 0.300 e. The number of fused-ring (bicyclic) bond motifs is 1. The maximum absolute atomic E-state index is 13.3. The summed E-state index contributed by atoms with van der Waals surface area (Å²) >= 11 is 6.25. The summed E-state index contributed by atoms with van der Waals surface area (Å²) in [5.74, 6) is -1.51. The molecule has 1 amide bonds. The summed E-state index contributed by atoms with van der Waals surface area (Å²) in [6.45, 7) is 1.87. The summed E-state index contributed by atoms with van der Waals surface area (Å²) in [4.78, 5) is 28.1. The fraction of sp³-hybridized carbons (Fsp3) is 0.214. The Bertz CT molecular complexity index is 1300. The van der Waals surface area contributed by atoms with Crippen molar-refractivity contribution in [3.63, 3.8) is 0 Å². The van der Waals surface area contributed by atoms with Gasteiger partial charge in [-0.05, 0) is 73.1 Å². The molecule has 4 nitrogen and oxygen atoms in total. The zero-order chi connectivity index (χ0) is 23.1. The Balaban J connectivity index is 1.71. The van der Waals surface area contributed by atoms with Gasteiger partial charge in [-0.2, -0.15) is 0 Å². The van der Waals surface area contributed by atoms with E-state index in [0.29, 0.717) is 16.3 Å². The first-order chi connectivity index (χ1) is 16.0.